The molecule has 0 saturated heterocycles. The summed E-state index contributed by atoms with van der Waals surface area (Å²) in [5.41, 5.74) is 2.58. The van der Waals surface area contributed by atoms with E-state index in [2.05, 4.69) is 18.0 Å². The molecule has 0 atom stereocenters. The third kappa shape index (κ3) is 3.07. The lowest BCUT2D eigenvalue weighted by molar-refractivity contribution is 0.0732. The minimum Gasteiger partial charge on any atom is -0.433 e. The van der Waals surface area contributed by atoms with Gasteiger partial charge in [0.25, 0.3) is 5.91 Å². The summed E-state index contributed by atoms with van der Waals surface area (Å²) in [6, 6.07) is 9.97. The van der Waals surface area contributed by atoms with Crippen LogP contribution in [0.15, 0.2) is 34.7 Å². The number of amides is 1. The van der Waals surface area contributed by atoms with Gasteiger partial charge in [-0.3, -0.25) is 4.79 Å². The van der Waals surface area contributed by atoms with Crippen molar-refractivity contribution in [3.8, 4) is 0 Å². The maximum absolute atomic E-state index is 12.6. The number of aryl methyl sites for hydroxylation is 1. The van der Waals surface area contributed by atoms with Crippen LogP contribution in [0.4, 0.5) is 0 Å². The molecule has 3 aromatic rings. The van der Waals surface area contributed by atoms with E-state index < -0.39 is 0 Å². The van der Waals surface area contributed by atoms with Crippen LogP contribution in [0.25, 0.3) is 22.0 Å². The van der Waals surface area contributed by atoms with Gasteiger partial charge in [0, 0.05) is 23.9 Å². The van der Waals surface area contributed by atoms with Crippen LogP contribution in [0.2, 0.25) is 0 Å². The zero-order valence-electron chi connectivity index (χ0n) is 13.9. The second-order valence-corrected chi connectivity index (χ2v) is 5.93. The van der Waals surface area contributed by atoms with Gasteiger partial charge < -0.3 is 9.32 Å². The van der Waals surface area contributed by atoms with Gasteiger partial charge in [0.1, 0.15) is 0 Å². The summed E-state index contributed by atoms with van der Waals surface area (Å²) >= 11 is 0. The summed E-state index contributed by atoms with van der Waals surface area (Å²) in [6.07, 6.45) is 2.07. The predicted molar refractivity (Wildman–Crippen MR) is 92.7 cm³/mol. The van der Waals surface area contributed by atoms with Crippen LogP contribution in [0.1, 0.15) is 42.8 Å². The van der Waals surface area contributed by atoms with Gasteiger partial charge in [0.05, 0.1) is 5.52 Å². The smallest absolute Gasteiger partial charge is 0.289 e. The zero-order valence-corrected chi connectivity index (χ0v) is 13.9. The molecule has 0 unspecified atom stereocenters. The Morgan fingerprint density at radius 3 is 2.74 bits per heavy atom. The van der Waals surface area contributed by atoms with Crippen molar-refractivity contribution < 1.29 is 9.21 Å². The zero-order chi connectivity index (χ0) is 16.4. The van der Waals surface area contributed by atoms with Gasteiger partial charge in [0.15, 0.2) is 5.76 Å². The van der Waals surface area contributed by atoms with Crippen LogP contribution in [0.3, 0.4) is 0 Å². The maximum Gasteiger partial charge on any atom is 0.289 e. The second kappa shape index (κ2) is 6.41. The van der Waals surface area contributed by atoms with Crippen molar-refractivity contribution in [1.82, 2.24) is 9.88 Å². The molecule has 2 heterocycles. The highest BCUT2D eigenvalue weighted by Gasteiger charge is 2.19. The minimum atomic E-state index is -0.0563. The Morgan fingerprint density at radius 1 is 1.17 bits per heavy atom. The summed E-state index contributed by atoms with van der Waals surface area (Å²) in [5.74, 6) is 0.316. The standard InChI is InChI=1S/C19H22N2O2/c1-4-6-9-21(5-2)19(22)17-12-15-11-14-8-7-13(3)10-16(14)20-18(15)23-17/h7-8,10-12H,4-6,9H2,1-3H3. The second-order valence-electron chi connectivity index (χ2n) is 5.93. The van der Waals surface area contributed by atoms with E-state index in [1.807, 2.05) is 36.9 Å². The number of aromatic nitrogens is 1. The Labute approximate surface area is 136 Å². The largest absolute Gasteiger partial charge is 0.433 e. The molecule has 0 bridgehead atoms. The first-order chi connectivity index (χ1) is 11.1. The first kappa shape index (κ1) is 15.5. The fraction of sp³-hybridized carbons (Fsp3) is 0.368. The van der Waals surface area contributed by atoms with Gasteiger partial charge in [0.2, 0.25) is 5.71 Å². The molecular formula is C19H22N2O2. The van der Waals surface area contributed by atoms with Crippen LogP contribution >= 0.6 is 0 Å². The van der Waals surface area contributed by atoms with E-state index in [4.69, 9.17) is 4.42 Å². The Balaban J connectivity index is 1.98. The highest BCUT2D eigenvalue weighted by atomic mass is 16.4. The number of fused-ring (bicyclic) bond motifs is 2. The van der Waals surface area contributed by atoms with Gasteiger partial charge in [-0.1, -0.05) is 25.5 Å². The molecule has 2 aromatic heterocycles. The average molecular weight is 310 g/mol. The van der Waals surface area contributed by atoms with E-state index in [-0.39, 0.29) is 5.91 Å². The van der Waals surface area contributed by atoms with Gasteiger partial charge in [-0.05, 0) is 44.0 Å². The molecule has 4 heteroatoms. The number of carbonyl (C=O) groups is 1. The number of pyridine rings is 1. The predicted octanol–water partition coefficient (Wildman–Crippen LogP) is 4.55. The lowest BCUT2D eigenvalue weighted by Gasteiger charge is -2.18. The number of carbonyl (C=O) groups excluding carboxylic acids is 1. The normalized spacial score (nSPS) is 11.3. The number of nitrogens with zero attached hydrogens (tertiary/aromatic N) is 2. The SMILES string of the molecule is CCCCN(CC)C(=O)c1cc2cc3ccc(C)cc3nc2o1. The molecule has 0 saturated carbocycles. The molecule has 120 valence electrons. The van der Waals surface area contributed by atoms with Gasteiger partial charge in [-0.2, -0.15) is 0 Å². The highest BCUT2D eigenvalue weighted by Crippen LogP contribution is 2.24. The molecule has 23 heavy (non-hydrogen) atoms. The Kier molecular flexibility index (Phi) is 4.33. The quantitative estimate of drug-likeness (QED) is 0.694. The first-order valence-corrected chi connectivity index (χ1v) is 8.22. The minimum absolute atomic E-state index is 0.0563. The molecule has 1 aromatic carbocycles. The number of rotatable bonds is 5. The Hall–Kier alpha value is -2.36. The van der Waals surface area contributed by atoms with Crippen molar-refractivity contribution in [1.29, 1.82) is 0 Å². The van der Waals surface area contributed by atoms with E-state index in [0.29, 0.717) is 18.0 Å². The topological polar surface area (TPSA) is 46.3 Å². The molecule has 0 aliphatic heterocycles. The molecule has 4 nitrogen and oxygen atoms in total. The van der Waals surface area contributed by atoms with Crippen molar-refractivity contribution in [2.75, 3.05) is 13.1 Å². The van der Waals surface area contributed by atoms with Crippen molar-refractivity contribution >= 4 is 27.9 Å². The highest BCUT2D eigenvalue weighted by molar-refractivity contribution is 5.98. The van der Waals surface area contributed by atoms with Crippen molar-refractivity contribution in [3.05, 3.63) is 41.7 Å². The number of benzene rings is 1. The van der Waals surface area contributed by atoms with Crippen molar-refractivity contribution in [2.45, 2.75) is 33.6 Å². The van der Waals surface area contributed by atoms with Gasteiger partial charge in [-0.25, -0.2) is 4.98 Å². The van der Waals surface area contributed by atoms with Crippen LogP contribution in [-0.2, 0) is 0 Å². The summed E-state index contributed by atoms with van der Waals surface area (Å²) < 4.78 is 5.74. The summed E-state index contributed by atoms with van der Waals surface area (Å²) in [7, 11) is 0. The summed E-state index contributed by atoms with van der Waals surface area (Å²) in [6.45, 7) is 7.60. The Bertz CT molecular complexity index is 851. The van der Waals surface area contributed by atoms with Crippen LogP contribution in [0.5, 0.6) is 0 Å². The Morgan fingerprint density at radius 2 is 2.00 bits per heavy atom. The molecule has 3 rings (SSSR count). The van der Waals surface area contributed by atoms with E-state index >= 15 is 0 Å². The first-order valence-electron chi connectivity index (χ1n) is 8.22. The van der Waals surface area contributed by atoms with Crippen LogP contribution < -0.4 is 0 Å². The van der Waals surface area contributed by atoms with E-state index in [9.17, 15) is 4.79 Å². The van der Waals surface area contributed by atoms with E-state index in [0.717, 1.165) is 41.2 Å². The van der Waals surface area contributed by atoms with E-state index in [1.54, 1.807) is 6.07 Å². The molecule has 0 fully saturated rings. The summed E-state index contributed by atoms with van der Waals surface area (Å²) in [4.78, 5) is 19.0. The number of hydrogen-bond acceptors (Lipinski definition) is 3. The monoisotopic (exact) mass is 310 g/mol. The lowest BCUT2D eigenvalue weighted by atomic mass is 10.1. The van der Waals surface area contributed by atoms with Gasteiger partial charge in [-0.15, -0.1) is 0 Å². The summed E-state index contributed by atoms with van der Waals surface area (Å²) in [5, 5.41) is 1.93. The fourth-order valence-electron chi connectivity index (χ4n) is 2.75. The molecule has 0 spiro atoms. The third-order valence-corrected chi connectivity index (χ3v) is 4.12. The number of hydrogen-bond donors (Lipinski definition) is 0. The maximum atomic E-state index is 12.6. The number of unbranched alkanes of at least 4 members (excludes halogenated alkanes) is 1. The lowest BCUT2D eigenvalue weighted by Crippen LogP contribution is -2.31. The number of furan rings is 1. The van der Waals surface area contributed by atoms with Gasteiger partial charge >= 0.3 is 0 Å². The molecule has 0 aliphatic carbocycles. The molecule has 1 amide bonds. The molecule has 0 radical (unpaired) electrons. The molecule has 0 N–H and O–H groups in total. The molecule has 0 aliphatic rings. The van der Waals surface area contributed by atoms with E-state index in [1.165, 1.54) is 0 Å². The fourth-order valence-corrected chi connectivity index (χ4v) is 2.75. The molecular weight excluding hydrogens is 288 g/mol. The third-order valence-electron chi connectivity index (χ3n) is 4.12. The van der Waals surface area contributed by atoms with Crippen molar-refractivity contribution in [3.63, 3.8) is 0 Å². The van der Waals surface area contributed by atoms with Crippen molar-refractivity contribution in [2.24, 2.45) is 0 Å². The van der Waals surface area contributed by atoms with Crippen LogP contribution in [-0.4, -0.2) is 28.9 Å². The van der Waals surface area contributed by atoms with Crippen LogP contribution in [0, 0.1) is 6.92 Å². The average Bonchev–Trinajstić information content (AvgIpc) is 2.96.